The topological polar surface area (TPSA) is 62.1 Å². The van der Waals surface area contributed by atoms with Crippen LogP contribution in [0.3, 0.4) is 0 Å². The highest BCUT2D eigenvalue weighted by atomic mass is 16.6. The van der Waals surface area contributed by atoms with Gasteiger partial charge in [0.05, 0.1) is 5.52 Å². The fourth-order valence-electron chi connectivity index (χ4n) is 4.06. The van der Waals surface area contributed by atoms with E-state index in [1.165, 1.54) is 5.56 Å². The number of hydrogen-bond acceptors (Lipinski definition) is 4. The van der Waals surface area contributed by atoms with Gasteiger partial charge in [-0.2, -0.15) is 5.26 Å². The number of benzene rings is 2. The van der Waals surface area contributed by atoms with Crippen molar-refractivity contribution in [2.45, 2.75) is 31.5 Å². The Morgan fingerprint density at radius 1 is 1.00 bits per heavy atom. The molecule has 0 saturated carbocycles. The van der Waals surface area contributed by atoms with E-state index in [2.05, 4.69) is 60.2 Å². The van der Waals surface area contributed by atoms with E-state index in [0.29, 0.717) is 5.92 Å². The maximum Gasteiger partial charge on any atom is 0.210 e. The number of nitrogens with zero attached hydrogens (tertiary/aromatic N) is 3. The van der Waals surface area contributed by atoms with Crippen LogP contribution < -0.4 is 0 Å². The summed E-state index contributed by atoms with van der Waals surface area (Å²) in [5.74, 6) is 0.418. The molecule has 2 aromatic heterocycles. The molecule has 146 valence electrons. The predicted octanol–water partition coefficient (Wildman–Crippen LogP) is 5.91. The Kier molecular flexibility index (Phi) is 4.34. The summed E-state index contributed by atoms with van der Waals surface area (Å²) < 4.78 is 5.96. The molecule has 4 aromatic rings. The third kappa shape index (κ3) is 2.96. The lowest BCUT2D eigenvalue weighted by Crippen LogP contribution is -2.07. The zero-order chi connectivity index (χ0) is 20.7. The molecule has 1 aliphatic heterocycles. The van der Waals surface area contributed by atoms with Crippen LogP contribution in [0.25, 0.3) is 22.0 Å². The lowest BCUT2D eigenvalue weighted by molar-refractivity contribution is 0.340. The number of ether oxygens (including phenoxy) is 1. The molecule has 1 aliphatic rings. The smallest absolute Gasteiger partial charge is 0.210 e. The highest BCUT2D eigenvalue weighted by Gasteiger charge is 2.59. The Hall–Kier alpha value is -3.55. The van der Waals surface area contributed by atoms with Crippen molar-refractivity contribution in [3.8, 4) is 17.2 Å². The van der Waals surface area contributed by atoms with E-state index in [1.807, 2.05) is 36.5 Å². The molecule has 0 bridgehead atoms. The van der Waals surface area contributed by atoms with Crippen molar-refractivity contribution in [3.63, 3.8) is 0 Å². The third-order valence-electron chi connectivity index (χ3n) is 5.79. The minimum atomic E-state index is -0.943. The quantitative estimate of drug-likeness (QED) is 0.406. The molecule has 4 nitrogen and oxygen atoms in total. The molecule has 0 spiro atoms. The number of epoxide rings is 1. The average Bonchev–Trinajstić information content (AvgIpc) is 3.55. The largest absolute Gasteiger partial charge is 0.340 e. The molecule has 1 fully saturated rings. The van der Waals surface area contributed by atoms with Crippen LogP contribution >= 0.6 is 0 Å². The molecule has 2 atom stereocenters. The van der Waals surface area contributed by atoms with Gasteiger partial charge in [-0.3, -0.25) is 9.97 Å². The van der Waals surface area contributed by atoms with E-state index >= 15 is 0 Å². The second-order valence-electron chi connectivity index (χ2n) is 8.00. The van der Waals surface area contributed by atoms with Gasteiger partial charge in [0.25, 0.3) is 0 Å². The number of nitriles is 1. The highest BCUT2D eigenvalue weighted by Crippen LogP contribution is 2.56. The van der Waals surface area contributed by atoms with Crippen molar-refractivity contribution < 1.29 is 4.74 Å². The van der Waals surface area contributed by atoms with Crippen LogP contribution in [0.2, 0.25) is 0 Å². The molecule has 0 amide bonds. The normalized spacial score (nSPS) is 20.3. The lowest BCUT2D eigenvalue weighted by Gasteiger charge is -2.13. The number of aromatic nitrogens is 2. The average molecular weight is 391 g/mol. The maximum atomic E-state index is 9.86. The van der Waals surface area contributed by atoms with E-state index in [-0.39, 0.29) is 6.10 Å². The van der Waals surface area contributed by atoms with E-state index in [9.17, 15) is 5.26 Å². The summed E-state index contributed by atoms with van der Waals surface area (Å²) in [4.78, 5) is 8.70. The molecular weight excluding hydrogens is 370 g/mol. The first-order valence-electron chi connectivity index (χ1n) is 10.1. The van der Waals surface area contributed by atoms with Crippen molar-refractivity contribution in [3.05, 3.63) is 95.9 Å². The first kappa shape index (κ1) is 18.5. The van der Waals surface area contributed by atoms with Gasteiger partial charge in [0.1, 0.15) is 12.2 Å². The number of hydrogen-bond donors (Lipinski definition) is 0. The zero-order valence-corrected chi connectivity index (χ0v) is 16.9. The Balaban J connectivity index is 1.60. The summed E-state index contributed by atoms with van der Waals surface area (Å²) in [5, 5.41) is 11.0. The van der Waals surface area contributed by atoms with Gasteiger partial charge >= 0.3 is 0 Å². The van der Waals surface area contributed by atoms with Crippen LogP contribution in [0.4, 0.5) is 0 Å². The van der Waals surface area contributed by atoms with Crippen LogP contribution in [0.1, 0.15) is 42.6 Å². The number of fused-ring (bicyclic) bond motifs is 1. The van der Waals surface area contributed by atoms with Gasteiger partial charge in [0, 0.05) is 35.1 Å². The molecule has 0 radical (unpaired) electrons. The summed E-state index contributed by atoms with van der Waals surface area (Å²) in [7, 11) is 0. The Bertz CT molecular complexity index is 1280. The summed E-state index contributed by atoms with van der Waals surface area (Å²) in [5.41, 5.74) is 5.33. The molecule has 0 aliphatic carbocycles. The second-order valence-corrected chi connectivity index (χ2v) is 8.00. The second kappa shape index (κ2) is 7.05. The Labute approximate surface area is 175 Å². The summed E-state index contributed by atoms with van der Waals surface area (Å²) >= 11 is 0. The first-order chi connectivity index (χ1) is 14.6. The van der Waals surface area contributed by atoms with Crippen molar-refractivity contribution >= 4 is 10.9 Å². The van der Waals surface area contributed by atoms with Crippen molar-refractivity contribution in [1.82, 2.24) is 9.97 Å². The van der Waals surface area contributed by atoms with E-state index < -0.39 is 5.60 Å². The van der Waals surface area contributed by atoms with Gasteiger partial charge in [0.2, 0.25) is 5.60 Å². The zero-order valence-electron chi connectivity index (χ0n) is 16.9. The van der Waals surface area contributed by atoms with Crippen molar-refractivity contribution in [2.24, 2.45) is 0 Å². The monoisotopic (exact) mass is 391 g/mol. The molecule has 2 aromatic carbocycles. The molecule has 3 heterocycles. The molecular formula is C26H21N3O. The summed E-state index contributed by atoms with van der Waals surface area (Å²) in [6.07, 6.45) is 4.92. The fourth-order valence-corrected chi connectivity index (χ4v) is 4.06. The molecule has 30 heavy (non-hydrogen) atoms. The van der Waals surface area contributed by atoms with E-state index in [4.69, 9.17) is 4.74 Å². The van der Waals surface area contributed by atoms with Gasteiger partial charge in [-0.1, -0.05) is 38.1 Å². The molecule has 4 heteroatoms. The lowest BCUT2D eigenvalue weighted by atomic mass is 9.90. The first-order valence-corrected chi connectivity index (χ1v) is 10.1. The van der Waals surface area contributed by atoms with Crippen LogP contribution in [-0.4, -0.2) is 9.97 Å². The van der Waals surface area contributed by atoms with Crippen LogP contribution in [0.15, 0.2) is 79.3 Å². The van der Waals surface area contributed by atoms with Crippen LogP contribution in [-0.2, 0) is 10.3 Å². The fraction of sp³-hybridized carbons (Fsp3) is 0.192. The van der Waals surface area contributed by atoms with Gasteiger partial charge in [-0.15, -0.1) is 0 Å². The van der Waals surface area contributed by atoms with Crippen molar-refractivity contribution in [1.29, 1.82) is 5.26 Å². The van der Waals surface area contributed by atoms with Gasteiger partial charge < -0.3 is 4.74 Å². The van der Waals surface area contributed by atoms with Crippen LogP contribution in [0.5, 0.6) is 0 Å². The van der Waals surface area contributed by atoms with E-state index in [0.717, 1.165) is 33.2 Å². The van der Waals surface area contributed by atoms with E-state index in [1.54, 1.807) is 12.4 Å². The number of rotatable bonds is 4. The Morgan fingerprint density at radius 2 is 1.83 bits per heavy atom. The maximum absolute atomic E-state index is 9.86. The summed E-state index contributed by atoms with van der Waals surface area (Å²) in [6, 6.07) is 22.9. The minimum Gasteiger partial charge on any atom is -0.340 e. The molecule has 0 N–H and O–H groups in total. The Morgan fingerprint density at radius 3 is 2.60 bits per heavy atom. The van der Waals surface area contributed by atoms with Gasteiger partial charge in [-0.05, 0) is 59.0 Å². The van der Waals surface area contributed by atoms with Crippen molar-refractivity contribution in [2.75, 3.05) is 0 Å². The minimum absolute atomic E-state index is 0.294. The van der Waals surface area contributed by atoms with Gasteiger partial charge in [-0.25, -0.2) is 0 Å². The third-order valence-corrected chi connectivity index (χ3v) is 5.79. The van der Waals surface area contributed by atoms with Gasteiger partial charge in [0.15, 0.2) is 0 Å². The predicted molar refractivity (Wildman–Crippen MR) is 117 cm³/mol. The molecule has 5 rings (SSSR count). The molecule has 1 saturated heterocycles. The highest BCUT2D eigenvalue weighted by molar-refractivity contribution is 5.94. The standard InChI is InChI=1S/C26H21N3O/c1-17(2)21-14-19-7-4-10-29-24(19)23(15-21)18-5-3-6-20(13-18)25-26(16-27,30-25)22-8-11-28-12-9-22/h3-15,17,25H,1-2H3. The number of pyridine rings is 2. The molecule has 2 unspecified atom stereocenters. The summed E-state index contributed by atoms with van der Waals surface area (Å²) in [6.45, 7) is 4.40. The SMILES string of the molecule is CC(C)c1cc(-c2cccc(C3OC3(C#N)c3ccncc3)c2)c2ncccc2c1. The van der Waals surface area contributed by atoms with Crippen LogP contribution in [0, 0.1) is 11.3 Å².